The standard InChI is InChI=1S/C15H15FN2O5S2/c1-23-7-6-12(19)18-15-11(14(17)20)8-13(24-15)25(21,22)10-4-2-9(16)3-5-10/h2-5,8H,6-7H2,1H3,(H2,17,20)(H,18,19). The molecule has 0 spiro atoms. The maximum absolute atomic E-state index is 13.0. The molecular formula is C15H15FN2O5S2. The third kappa shape index (κ3) is 4.41. The summed E-state index contributed by atoms with van der Waals surface area (Å²) >= 11 is 0.700. The van der Waals surface area contributed by atoms with Crippen molar-refractivity contribution >= 4 is 38.0 Å². The highest BCUT2D eigenvalue weighted by Gasteiger charge is 2.25. The van der Waals surface area contributed by atoms with Gasteiger partial charge in [0.2, 0.25) is 15.7 Å². The molecule has 10 heteroatoms. The van der Waals surface area contributed by atoms with Crippen LogP contribution in [0.5, 0.6) is 0 Å². The van der Waals surface area contributed by atoms with Crippen molar-refractivity contribution in [3.05, 3.63) is 41.7 Å². The lowest BCUT2D eigenvalue weighted by molar-refractivity contribution is -0.117. The first-order valence-electron chi connectivity index (χ1n) is 6.98. The Morgan fingerprint density at radius 1 is 1.28 bits per heavy atom. The molecule has 3 N–H and O–H groups in total. The normalized spacial score (nSPS) is 11.3. The first-order valence-corrected chi connectivity index (χ1v) is 9.28. The number of rotatable bonds is 7. The van der Waals surface area contributed by atoms with Gasteiger partial charge in [0.1, 0.15) is 15.0 Å². The molecule has 0 saturated carbocycles. The van der Waals surface area contributed by atoms with Gasteiger partial charge >= 0.3 is 0 Å². The average Bonchev–Trinajstić information content (AvgIpc) is 2.98. The zero-order chi connectivity index (χ0) is 18.6. The number of sulfone groups is 1. The van der Waals surface area contributed by atoms with Gasteiger partial charge in [-0.1, -0.05) is 0 Å². The van der Waals surface area contributed by atoms with Gasteiger partial charge in [-0.15, -0.1) is 11.3 Å². The van der Waals surface area contributed by atoms with E-state index in [1.54, 1.807) is 0 Å². The van der Waals surface area contributed by atoms with Gasteiger partial charge in [0.15, 0.2) is 0 Å². The number of amides is 2. The van der Waals surface area contributed by atoms with Crippen LogP contribution < -0.4 is 11.1 Å². The minimum absolute atomic E-state index is 0.0344. The second-order valence-corrected chi connectivity index (χ2v) is 8.15. The van der Waals surface area contributed by atoms with Crippen molar-refractivity contribution in [2.24, 2.45) is 5.73 Å². The molecule has 134 valence electrons. The molecule has 0 aliphatic carbocycles. The number of hydrogen-bond acceptors (Lipinski definition) is 6. The lowest BCUT2D eigenvalue weighted by Gasteiger charge is -2.03. The molecule has 0 bridgehead atoms. The highest BCUT2D eigenvalue weighted by atomic mass is 32.2. The molecule has 2 rings (SSSR count). The number of benzene rings is 1. The molecule has 0 atom stereocenters. The summed E-state index contributed by atoms with van der Waals surface area (Å²) in [6.45, 7) is 0.170. The number of methoxy groups -OCH3 is 1. The van der Waals surface area contributed by atoms with Crippen LogP contribution in [0.25, 0.3) is 0 Å². The summed E-state index contributed by atoms with van der Waals surface area (Å²) in [5.74, 6) is -1.90. The smallest absolute Gasteiger partial charge is 0.251 e. The number of hydrogen-bond donors (Lipinski definition) is 2. The van der Waals surface area contributed by atoms with Crippen molar-refractivity contribution in [2.45, 2.75) is 15.5 Å². The Morgan fingerprint density at radius 3 is 2.48 bits per heavy atom. The number of primary amides is 1. The number of nitrogens with one attached hydrogen (secondary N) is 1. The first kappa shape index (κ1) is 19.0. The quantitative estimate of drug-likeness (QED) is 0.704. The second kappa shape index (κ2) is 7.72. The molecule has 0 aliphatic rings. The summed E-state index contributed by atoms with van der Waals surface area (Å²) < 4.78 is 42.8. The minimum Gasteiger partial charge on any atom is -0.384 e. The van der Waals surface area contributed by atoms with E-state index in [-0.39, 0.29) is 32.7 Å². The summed E-state index contributed by atoms with van der Waals surface area (Å²) in [4.78, 5) is 23.2. The molecule has 0 saturated heterocycles. The average molecular weight is 386 g/mol. The van der Waals surface area contributed by atoms with Crippen molar-refractivity contribution in [1.82, 2.24) is 0 Å². The predicted molar refractivity (Wildman–Crippen MR) is 89.8 cm³/mol. The van der Waals surface area contributed by atoms with Crippen LogP contribution in [0, 0.1) is 5.82 Å². The first-order chi connectivity index (χ1) is 11.8. The lowest BCUT2D eigenvalue weighted by Crippen LogP contribution is -2.17. The predicted octanol–water partition coefficient (Wildman–Crippen LogP) is 1.79. The Labute approximate surface area is 147 Å². The lowest BCUT2D eigenvalue weighted by atomic mass is 10.3. The molecule has 1 aromatic carbocycles. The van der Waals surface area contributed by atoms with Crippen LogP contribution in [-0.4, -0.2) is 33.9 Å². The van der Waals surface area contributed by atoms with Crippen molar-refractivity contribution in [3.63, 3.8) is 0 Å². The number of carbonyl (C=O) groups excluding carboxylic acids is 2. The molecular weight excluding hydrogens is 371 g/mol. The van der Waals surface area contributed by atoms with Crippen LogP contribution in [0.4, 0.5) is 9.39 Å². The van der Waals surface area contributed by atoms with Crippen molar-refractivity contribution in [1.29, 1.82) is 0 Å². The fourth-order valence-corrected chi connectivity index (χ4v) is 4.68. The van der Waals surface area contributed by atoms with Gasteiger partial charge in [-0.05, 0) is 30.3 Å². The largest absolute Gasteiger partial charge is 0.384 e. The van der Waals surface area contributed by atoms with E-state index in [1.165, 1.54) is 7.11 Å². The van der Waals surface area contributed by atoms with E-state index >= 15 is 0 Å². The molecule has 2 aromatic rings. The van der Waals surface area contributed by atoms with E-state index in [4.69, 9.17) is 10.5 Å². The van der Waals surface area contributed by atoms with Crippen LogP contribution in [0.2, 0.25) is 0 Å². The molecule has 1 aromatic heterocycles. The third-order valence-electron chi connectivity index (χ3n) is 3.15. The van der Waals surface area contributed by atoms with Gasteiger partial charge in [0, 0.05) is 7.11 Å². The number of ether oxygens (including phenoxy) is 1. The van der Waals surface area contributed by atoms with E-state index in [2.05, 4.69) is 5.32 Å². The van der Waals surface area contributed by atoms with Crippen molar-refractivity contribution in [3.8, 4) is 0 Å². The number of thiophene rings is 1. The van der Waals surface area contributed by atoms with Gasteiger partial charge in [0.25, 0.3) is 5.91 Å². The van der Waals surface area contributed by atoms with E-state index in [9.17, 15) is 22.4 Å². The SMILES string of the molecule is COCCC(=O)Nc1sc(S(=O)(=O)c2ccc(F)cc2)cc1C(N)=O. The van der Waals surface area contributed by atoms with Crippen molar-refractivity contribution in [2.75, 3.05) is 19.0 Å². The topological polar surface area (TPSA) is 116 Å². The van der Waals surface area contributed by atoms with Gasteiger partial charge in [0.05, 0.1) is 23.5 Å². The number of nitrogens with two attached hydrogens (primary N) is 1. The van der Waals surface area contributed by atoms with E-state index in [0.29, 0.717) is 11.3 Å². The van der Waals surface area contributed by atoms with Gasteiger partial charge in [-0.2, -0.15) is 0 Å². The van der Waals surface area contributed by atoms with Crippen LogP contribution >= 0.6 is 11.3 Å². The summed E-state index contributed by atoms with van der Waals surface area (Å²) in [7, 11) is -2.54. The minimum atomic E-state index is -3.98. The van der Waals surface area contributed by atoms with E-state index in [0.717, 1.165) is 30.3 Å². The maximum atomic E-state index is 13.0. The van der Waals surface area contributed by atoms with Crippen LogP contribution in [0.1, 0.15) is 16.8 Å². The molecule has 25 heavy (non-hydrogen) atoms. The molecule has 7 nitrogen and oxygen atoms in total. The number of halogens is 1. The van der Waals surface area contributed by atoms with Crippen LogP contribution in [0.3, 0.4) is 0 Å². The zero-order valence-electron chi connectivity index (χ0n) is 13.1. The Hall–Kier alpha value is -2.30. The summed E-state index contributed by atoms with van der Waals surface area (Å²) in [5.41, 5.74) is 5.14. The fourth-order valence-electron chi connectivity index (χ4n) is 1.89. The molecule has 1 heterocycles. The second-order valence-electron chi connectivity index (χ2n) is 4.92. The summed E-state index contributed by atoms with van der Waals surface area (Å²) in [5, 5.41) is 2.49. The van der Waals surface area contributed by atoms with Crippen LogP contribution in [0.15, 0.2) is 39.4 Å². The van der Waals surface area contributed by atoms with Gasteiger partial charge < -0.3 is 15.8 Å². The number of carbonyl (C=O) groups is 2. The Morgan fingerprint density at radius 2 is 1.92 bits per heavy atom. The zero-order valence-corrected chi connectivity index (χ0v) is 14.7. The molecule has 2 amide bonds. The summed E-state index contributed by atoms with van der Waals surface area (Å²) in [6, 6.07) is 5.36. The Balaban J connectivity index is 2.39. The van der Waals surface area contributed by atoms with Crippen LogP contribution in [-0.2, 0) is 19.4 Å². The Kier molecular flexibility index (Phi) is 5.88. The molecule has 0 radical (unpaired) electrons. The summed E-state index contributed by atoms with van der Waals surface area (Å²) in [6.07, 6.45) is 0.0344. The van der Waals surface area contributed by atoms with E-state index in [1.807, 2.05) is 0 Å². The fraction of sp³-hybridized carbons (Fsp3) is 0.200. The van der Waals surface area contributed by atoms with Crippen molar-refractivity contribution < 1.29 is 27.1 Å². The maximum Gasteiger partial charge on any atom is 0.251 e. The number of anilines is 1. The van der Waals surface area contributed by atoms with Gasteiger partial charge in [-0.3, -0.25) is 9.59 Å². The molecule has 0 aliphatic heterocycles. The molecule has 0 unspecified atom stereocenters. The highest BCUT2D eigenvalue weighted by Crippen LogP contribution is 2.34. The third-order valence-corrected chi connectivity index (χ3v) is 6.44. The van der Waals surface area contributed by atoms with E-state index < -0.39 is 27.5 Å². The highest BCUT2D eigenvalue weighted by molar-refractivity contribution is 7.93. The monoisotopic (exact) mass is 386 g/mol. The van der Waals surface area contributed by atoms with Gasteiger partial charge in [-0.25, -0.2) is 12.8 Å². The Bertz CT molecular complexity index is 891. The molecule has 0 fully saturated rings.